The second-order valence-electron chi connectivity index (χ2n) is 10.4. The van der Waals surface area contributed by atoms with Crippen LogP contribution in [0.4, 0.5) is 17.2 Å². The number of fused-ring (bicyclic) bond motifs is 4. The average molecular weight is 505 g/mol. The first-order valence-electron chi connectivity index (χ1n) is 12.7. The molecular formula is C27H32N6O2S. The lowest BCUT2D eigenvalue weighted by Crippen LogP contribution is -2.50. The van der Waals surface area contributed by atoms with E-state index in [2.05, 4.69) is 51.4 Å². The van der Waals surface area contributed by atoms with Crippen molar-refractivity contribution in [3.8, 4) is 0 Å². The minimum Gasteiger partial charge on any atom is -0.376 e. The fourth-order valence-electron chi connectivity index (χ4n) is 5.78. The minimum absolute atomic E-state index is 0.0174. The number of thiophene rings is 1. The van der Waals surface area contributed by atoms with Crippen LogP contribution in [0.15, 0.2) is 23.5 Å². The highest BCUT2D eigenvalue weighted by atomic mass is 32.1. The van der Waals surface area contributed by atoms with E-state index in [1.807, 2.05) is 25.0 Å². The van der Waals surface area contributed by atoms with Gasteiger partial charge < -0.3 is 19.9 Å². The number of morpholine rings is 1. The summed E-state index contributed by atoms with van der Waals surface area (Å²) in [4.78, 5) is 33.5. The van der Waals surface area contributed by atoms with Crippen molar-refractivity contribution in [3.63, 3.8) is 0 Å². The van der Waals surface area contributed by atoms with E-state index in [9.17, 15) is 4.79 Å². The van der Waals surface area contributed by atoms with Crippen molar-refractivity contribution in [1.29, 1.82) is 0 Å². The summed E-state index contributed by atoms with van der Waals surface area (Å²) in [5.41, 5.74) is 5.79. The Morgan fingerprint density at radius 1 is 1.19 bits per heavy atom. The lowest BCUT2D eigenvalue weighted by molar-refractivity contribution is -0.147. The third kappa shape index (κ3) is 4.14. The zero-order valence-electron chi connectivity index (χ0n) is 21.2. The molecule has 2 aromatic heterocycles. The van der Waals surface area contributed by atoms with Crippen LogP contribution >= 0.6 is 11.3 Å². The van der Waals surface area contributed by atoms with E-state index < -0.39 is 0 Å². The summed E-state index contributed by atoms with van der Waals surface area (Å²) in [5.74, 6) is 1.11. The van der Waals surface area contributed by atoms with E-state index in [0.717, 1.165) is 58.8 Å². The molecule has 1 aromatic carbocycles. The SMILES string of the molecule is C[C@@H]1CN(C(=O)[C@H]2CCc3c(sc4ncnc(Nc5cc6c(cc5N(C)C)CN=C6)c34)C2)C[C@H](C)O1. The van der Waals surface area contributed by atoms with Gasteiger partial charge in [0.05, 0.1) is 35.5 Å². The fourth-order valence-corrected chi connectivity index (χ4v) is 7.04. The van der Waals surface area contributed by atoms with Crippen LogP contribution in [0.3, 0.4) is 0 Å². The van der Waals surface area contributed by atoms with Gasteiger partial charge in [-0.25, -0.2) is 9.97 Å². The summed E-state index contributed by atoms with van der Waals surface area (Å²) >= 11 is 1.71. The molecule has 3 aliphatic rings. The summed E-state index contributed by atoms with van der Waals surface area (Å²) in [5, 5.41) is 4.71. The molecule has 1 saturated heterocycles. The number of nitrogens with zero attached hydrogens (tertiary/aromatic N) is 5. The van der Waals surface area contributed by atoms with Gasteiger partial charge in [-0.2, -0.15) is 0 Å². The van der Waals surface area contributed by atoms with Crippen LogP contribution in [0.5, 0.6) is 0 Å². The van der Waals surface area contributed by atoms with E-state index in [0.29, 0.717) is 13.1 Å². The molecule has 188 valence electrons. The molecule has 0 spiro atoms. The summed E-state index contributed by atoms with van der Waals surface area (Å²) in [6.45, 7) is 6.18. The van der Waals surface area contributed by atoms with Crippen LogP contribution in [0.25, 0.3) is 10.2 Å². The molecule has 3 atom stereocenters. The number of carbonyl (C=O) groups excluding carboxylic acids is 1. The van der Waals surface area contributed by atoms with Crippen molar-refractivity contribution in [3.05, 3.63) is 40.0 Å². The second-order valence-corrected chi connectivity index (χ2v) is 11.5. The number of hydrogen-bond acceptors (Lipinski definition) is 8. The van der Waals surface area contributed by atoms with Gasteiger partial charge in [-0.15, -0.1) is 11.3 Å². The second kappa shape index (κ2) is 9.12. The van der Waals surface area contributed by atoms with Crippen LogP contribution in [0.2, 0.25) is 0 Å². The first kappa shape index (κ1) is 23.4. The number of rotatable bonds is 4. The molecule has 1 fully saturated rings. The van der Waals surface area contributed by atoms with Crippen molar-refractivity contribution in [2.75, 3.05) is 37.4 Å². The molecule has 6 rings (SSSR count). The highest BCUT2D eigenvalue weighted by Crippen LogP contribution is 2.42. The van der Waals surface area contributed by atoms with Gasteiger partial charge in [0, 0.05) is 44.2 Å². The molecule has 4 heterocycles. The zero-order valence-corrected chi connectivity index (χ0v) is 22.1. The molecule has 2 aliphatic heterocycles. The van der Waals surface area contributed by atoms with Gasteiger partial charge in [-0.1, -0.05) is 0 Å². The standard InChI is InChI=1S/C27H32N6O2S/c1-15-12-33(13-16(2)35-15)27(34)17-5-6-20-23(9-17)36-26-24(20)25(29-14-30-26)31-21-7-18-10-28-11-19(18)8-22(21)32(3)4/h7-8,10,14-17H,5-6,9,11-13H2,1-4H3,(H,29,30,31)/t15-,16+,17-/m0/s1. The predicted octanol–water partition coefficient (Wildman–Crippen LogP) is 4.17. The summed E-state index contributed by atoms with van der Waals surface area (Å²) in [6.07, 6.45) is 6.23. The van der Waals surface area contributed by atoms with Crippen molar-refractivity contribution in [2.24, 2.45) is 10.9 Å². The third-order valence-electron chi connectivity index (χ3n) is 7.41. The van der Waals surface area contributed by atoms with Gasteiger partial charge in [0.15, 0.2) is 0 Å². The largest absolute Gasteiger partial charge is 0.376 e. The monoisotopic (exact) mass is 504 g/mol. The van der Waals surface area contributed by atoms with E-state index in [4.69, 9.17) is 4.74 Å². The maximum absolute atomic E-state index is 13.4. The highest BCUT2D eigenvalue weighted by molar-refractivity contribution is 7.19. The Labute approximate surface area is 215 Å². The van der Waals surface area contributed by atoms with Crippen molar-refractivity contribution >= 4 is 50.9 Å². The number of aromatic nitrogens is 2. The highest BCUT2D eigenvalue weighted by Gasteiger charge is 2.34. The minimum atomic E-state index is 0.0174. The van der Waals surface area contributed by atoms with Crippen LogP contribution in [0, 0.1) is 5.92 Å². The van der Waals surface area contributed by atoms with Crippen molar-refractivity contribution in [1.82, 2.24) is 14.9 Å². The molecule has 8 nitrogen and oxygen atoms in total. The quantitative estimate of drug-likeness (QED) is 0.574. The molecule has 9 heteroatoms. The van der Waals surface area contributed by atoms with Crippen molar-refractivity contribution in [2.45, 2.75) is 51.9 Å². The van der Waals surface area contributed by atoms with E-state index >= 15 is 0 Å². The summed E-state index contributed by atoms with van der Waals surface area (Å²) in [6, 6.07) is 4.36. The molecule has 36 heavy (non-hydrogen) atoms. The number of ether oxygens (including phenoxy) is 1. The van der Waals surface area contributed by atoms with E-state index in [-0.39, 0.29) is 24.0 Å². The average Bonchev–Trinajstić information content (AvgIpc) is 3.46. The maximum Gasteiger partial charge on any atom is 0.226 e. The van der Waals surface area contributed by atoms with E-state index in [1.54, 1.807) is 17.7 Å². The molecular weight excluding hydrogens is 472 g/mol. The Balaban J connectivity index is 1.30. The zero-order chi connectivity index (χ0) is 25.0. The molecule has 1 aliphatic carbocycles. The number of amides is 1. The Morgan fingerprint density at radius 2 is 2.00 bits per heavy atom. The third-order valence-corrected chi connectivity index (χ3v) is 8.57. The molecule has 1 amide bonds. The predicted molar refractivity (Wildman–Crippen MR) is 145 cm³/mol. The number of benzene rings is 1. The number of nitrogens with one attached hydrogen (secondary N) is 1. The Hall–Kier alpha value is -3.04. The van der Waals surface area contributed by atoms with E-state index in [1.165, 1.54) is 16.0 Å². The number of carbonyl (C=O) groups is 1. The van der Waals surface area contributed by atoms with Gasteiger partial charge in [-0.05, 0) is 61.9 Å². The normalized spacial score (nSPS) is 23.0. The van der Waals surface area contributed by atoms with Gasteiger partial charge in [0.2, 0.25) is 5.91 Å². The number of aryl methyl sites for hydroxylation is 1. The molecule has 0 bridgehead atoms. The first-order valence-corrected chi connectivity index (χ1v) is 13.5. The smallest absolute Gasteiger partial charge is 0.226 e. The lowest BCUT2D eigenvalue weighted by atomic mass is 9.86. The Kier molecular flexibility index (Phi) is 5.92. The first-order chi connectivity index (χ1) is 17.4. The molecule has 0 unspecified atom stereocenters. The Morgan fingerprint density at radius 3 is 2.78 bits per heavy atom. The van der Waals surface area contributed by atoms with Gasteiger partial charge in [0.1, 0.15) is 17.0 Å². The Bertz CT molecular complexity index is 1360. The van der Waals surface area contributed by atoms with Crippen LogP contribution in [0.1, 0.15) is 41.8 Å². The molecule has 0 radical (unpaired) electrons. The summed E-state index contributed by atoms with van der Waals surface area (Å²) < 4.78 is 5.84. The number of hydrogen-bond donors (Lipinski definition) is 1. The van der Waals surface area contributed by atoms with Crippen LogP contribution in [-0.4, -0.2) is 66.4 Å². The molecule has 3 aromatic rings. The van der Waals surface area contributed by atoms with Gasteiger partial charge in [0.25, 0.3) is 0 Å². The number of aliphatic imine (C=N–C) groups is 1. The summed E-state index contributed by atoms with van der Waals surface area (Å²) in [7, 11) is 4.11. The maximum atomic E-state index is 13.4. The van der Waals surface area contributed by atoms with Gasteiger partial charge >= 0.3 is 0 Å². The number of anilines is 3. The van der Waals surface area contributed by atoms with Crippen LogP contribution in [-0.2, 0) is 28.9 Å². The lowest BCUT2D eigenvalue weighted by Gasteiger charge is -2.37. The fraction of sp³-hybridized carbons (Fsp3) is 0.481. The molecule has 0 saturated carbocycles. The molecule has 1 N–H and O–H groups in total. The van der Waals surface area contributed by atoms with Gasteiger partial charge in [-0.3, -0.25) is 9.79 Å². The van der Waals surface area contributed by atoms with Crippen LogP contribution < -0.4 is 10.2 Å². The topological polar surface area (TPSA) is 83.0 Å². The van der Waals surface area contributed by atoms with Crippen molar-refractivity contribution < 1.29 is 9.53 Å².